The summed E-state index contributed by atoms with van der Waals surface area (Å²) in [6, 6.07) is 0. The number of hydrogen-bond donors (Lipinski definition) is 3. The van der Waals surface area contributed by atoms with Crippen LogP contribution in [0.15, 0.2) is 12.2 Å². The second-order valence-electron chi connectivity index (χ2n) is 3.96. The number of aliphatic hydroxyl groups excluding tert-OH is 2. The van der Waals surface area contributed by atoms with E-state index in [-0.39, 0.29) is 12.5 Å². The summed E-state index contributed by atoms with van der Waals surface area (Å²) in [7, 11) is 0. The number of aliphatic hydroxyl groups is 3. The predicted molar refractivity (Wildman–Crippen MR) is 50.2 cm³/mol. The van der Waals surface area contributed by atoms with E-state index < -0.39 is 11.7 Å². The van der Waals surface area contributed by atoms with Crippen molar-refractivity contribution in [1.82, 2.24) is 0 Å². The zero-order valence-electron chi connectivity index (χ0n) is 7.98. The van der Waals surface area contributed by atoms with Crippen molar-refractivity contribution in [2.24, 2.45) is 5.92 Å². The summed E-state index contributed by atoms with van der Waals surface area (Å²) in [4.78, 5) is 0. The first-order chi connectivity index (χ1) is 6.08. The molecule has 3 nitrogen and oxygen atoms in total. The van der Waals surface area contributed by atoms with Crippen molar-refractivity contribution in [2.75, 3.05) is 6.61 Å². The molecule has 1 aliphatic carbocycles. The fourth-order valence-corrected chi connectivity index (χ4v) is 2.05. The highest BCUT2D eigenvalue weighted by molar-refractivity contribution is 5.00. The first-order valence-electron chi connectivity index (χ1n) is 4.76. The third-order valence-corrected chi connectivity index (χ3v) is 2.85. The summed E-state index contributed by atoms with van der Waals surface area (Å²) in [6.07, 6.45) is 5.00. The largest absolute Gasteiger partial charge is 0.392 e. The third kappa shape index (κ3) is 2.53. The van der Waals surface area contributed by atoms with Gasteiger partial charge in [0.1, 0.15) is 0 Å². The van der Waals surface area contributed by atoms with Crippen molar-refractivity contribution in [3.8, 4) is 0 Å². The molecule has 1 unspecified atom stereocenters. The second-order valence-corrected chi connectivity index (χ2v) is 3.96. The Hall–Kier alpha value is -0.380. The van der Waals surface area contributed by atoms with E-state index in [1.807, 2.05) is 0 Å². The molecular weight excluding hydrogens is 168 g/mol. The van der Waals surface area contributed by atoms with Crippen molar-refractivity contribution in [3.05, 3.63) is 12.2 Å². The minimum Gasteiger partial charge on any atom is -0.392 e. The Kier molecular flexibility index (Phi) is 3.47. The highest BCUT2D eigenvalue weighted by Gasteiger charge is 2.39. The SMILES string of the molecule is C[C@]1(O)CCC[C@H]1C(O)/C=C/CO. The van der Waals surface area contributed by atoms with Crippen LogP contribution in [0.5, 0.6) is 0 Å². The Labute approximate surface area is 78.7 Å². The Morgan fingerprint density at radius 2 is 2.31 bits per heavy atom. The van der Waals surface area contributed by atoms with Gasteiger partial charge in [-0.1, -0.05) is 18.6 Å². The quantitative estimate of drug-likeness (QED) is 0.561. The van der Waals surface area contributed by atoms with Crippen LogP contribution < -0.4 is 0 Å². The maximum Gasteiger partial charge on any atom is 0.0777 e. The van der Waals surface area contributed by atoms with Crippen molar-refractivity contribution >= 4 is 0 Å². The van der Waals surface area contributed by atoms with E-state index in [4.69, 9.17) is 5.11 Å². The van der Waals surface area contributed by atoms with Gasteiger partial charge in [-0.15, -0.1) is 0 Å². The average Bonchev–Trinajstić information content (AvgIpc) is 2.41. The summed E-state index contributed by atoms with van der Waals surface area (Å²) >= 11 is 0. The maximum atomic E-state index is 9.87. The van der Waals surface area contributed by atoms with E-state index in [1.54, 1.807) is 13.0 Å². The molecule has 0 aromatic heterocycles. The van der Waals surface area contributed by atoms with E-state index in [0.717, 1.165) is 19.3 Å². The van der Waals surface area contributed by atoms with E-state index >= 15 is 0 Å². The van der Waals surface area contributed by atoms with Gasteiger partial charge in [-0.2, -0.15) is 0 Å². The van der Waals surface area contributed by atoms with Gasteiger partial charge in [0.25, 0.3) is 0 Å². The van der Waals surface area contributed by atoms with Crippen molar-refractivity contribution in [1.29, 1.82) is 0 Å². The van der Waals surface area contributed by atoms with Crippen LogP contribution in [0.2, 0.25) is 0 Å². The molecule has 76 valence electrons. The first kappa shape index (κ1) is 10.7. The molecule has 0 heterocycles. The van der Waals surface area contributed by atoms with E-state index in [0.29, 0.717) is 0 Å². The number of rotatable bonds is 3. The zero-order chi connectivity index (χ0) is 9.90. The van der Waals surface area contributed by atoms with Crippen LogP contribution in [0.25, 0.3) is 0 Å². The molecule has 0 radical (unpaired) electrons. The fraction of sp³-hybridized carbons (Fsp3) is 0.800. The molecule has 0 aromatic carbocycles. The second kappa shape index (κ2) is 4.22. The molecule has 3 N–H and O–H groups in total. The lowest BCUT2D eigenvalue weighted by molar-refractivity contribution is -0.0231. The highest BCUT2D eigenvalue weighted by atomic mass is 16.3. The molecule has 0 aliphatic heterocycles. The predicted octanol–water partition coefficient (Wildman–Crippen LogP) is 0.447. The van der Waals surface area contributed by atoms with Crippen LogP contribution in [-0.4, -0.2) is 33.6 Å². The number of hydrogen-bond acceptors (Lipinski definition) is 3. The lowest BCUT2D eigenvalue weighted by Gasteiger charge is -2.28. The molecule has 0 saturated heterocycles. The molecule has 0 spiro atoms. The van der Waals surface area contributed by atoms with E-state index in [9.17, 15) is 10.2 Å². The van der Waals surface area contributed by atoms with Crippen molar-refractivity contribution < 1.29 is 15.3 Å². The summed E-state index contributed by atoms with van der Waals surface area (Å²) < 4.78 is 0. The molecule has 1 saturated carbocycles. The topological polar surface area (TPSA) is 60.7 Å². The van der Waals surface area contributed by atoms with Gasteiger partial charge < -0.3 is 15.3 Å². The molecule has 3 atom stereocenters. The Morgan fingerprint density at radius 1 is 1.62 bits per heavy atom. The van der Waals surface area contributed by atoms with Crippen LogP contribution in [0.3, 0.4) is 0 Å². The standard InChI is InChI=1S/C10H18O3/c1-10(13)6-2-4-8(10)9(12)5-3-7-11/h3,5,8-9,11-13H,2,4,6-7H2,1H3/b5-3+/t8-,9?,10-/m0/s1. The van der Waals surface area contributed by atoms with Gasteiger partial charge in [0, 0.05) is 5.92 Å². The monoisotopic (exact) mass is 186 g/mol. The Bertz CT molecular complexity index is 187. The summed E-state index contributed by atoms with van der Waals surface area (Å²) in [5, 5.41) is 28.1. The van der Waals surface area contributed by atoms with Crippen LogP contribution in [0, 0.1) is 5.92 Å². The molecular formula is C10H18O3. The minimum atomic E-state index is -0.751. The Morgan fingerprint density at radius 3 is 2.77 bits per heavy atom. The van der Waals surface area contributed by atoms with E-state index in [1.165, 1.54) is 6.08 Å². The first-order valence-corrected chi connectivity index (χ1v) is 4.76. The highest BCUT2D eigenvalue weighted by Crippen LogP contribution is 2.37. The normalized spacial score (nSPS) is 37.1. The van der Waals surface area contributed by atoms with Crippen molar-refractivity contribution in [3.63, 3.8) is 0 Å². The molecule has 0 bridgehead atoms. The minimum absolute atomic E-state index is 0.0636. The lowest BCUT2D eigenvalue weighted by atomic mass is 9.88. The molecule has 1 fully saturated rings. The van der Waals surface area contributed by atoms with Crippen LogP contribution in [0.4, 0.5) is 0 Å². The maximum absolute atomic E-state index is 9.87. The van der Waals surface area contributed by atoms with Crippen LogP contribution in [-0.2, 0) is 0 Å². The summed E-state index contributed by atoms with van der Waals surface area (Å²) in [6.45, 7) is 1.70. The third-order valence-electron chi connectivity index (χ3n) is 2.85. The molecule has 1 rings (SSSR count). The van der Waals surface area contributed by atoms with Gasteiger partial charge in [0.05, 0.1) is 18.3 Å². The molecule has 3 heteroatoms. The smallest absolute Gasteiger partial charge is 0.0777 e. The van der Waals surface area contributed by atoms with Gasteiger partial charge in [-0.3, -0.25) is 0 Å². The van der Waals surface area contributed by atoms with Crippen LogP contribution in [0.1, 0.15) is 26.2 Å². The molecule has 0 aromatic rings. The van der Waals surface area contributed by atoms with Gasteiger partial charge >= 0.3 is 0 Å². The van der Waals surface area contributed by atoms with Gasteiger partial charge in [-0.25, -0.2) is 0 Å². The van der Waals surface area contributed by atoms with E-state index in [2.05, 4.69) is 0 Å². The van der Waals surface area contributed by atoms with Crippen molar-refractivity contribution in [2.45, 2.75) is 37.9 Å². The van der Waals surface area contributed by atoms with Gasteiger partial charge in [0.15, 0.2) is 0 Å². The average molecular weight is 186 g/mol. The zero-order valence-corrected chi connectivity index (χ0v) is 7.98. The van der Waals surface area contributed by atoms with Gasteiger partial charge in [0.2, 0.25) is 0 Å². The summed E-state index contributed by atoms with van der Waals surface area (Å²) in [5.74, 6) is -0.0877. The molecule has 1 aliphatic rings. The van der Waals surface area contributed by atoms with Gasteiger partial charge in [-0.05, 0) is 19.8 Å². The lowest BCUT2D eigenvalue weighted by Crippen LogP contribution is -2.36. The summed E-state index contributed by atoms with van der Waals surface area (Å²) in [5.41, 5.74) is -0.751. The Balaban J connectivity index is 2.55. The fourth-order valence-electron chi connectivity index (χ4n) is 2.05. The molecule has 0 amide bonds. The molecule has 13 heavy (non-hydrogen) atoms. The van der Waals surface area contributed by atoms with Crippen LogP contribution >= 0.6 is 0 Å².